The minimum absolute atomic E-state index is 0.0834. The van der Waals surface area contributed by atoms with Crippen LogP contribution in [0.15, 0.2) is 182 Å². The molecule has 1 amide bonds. The van der Waals surface area contributed by atoms with Gasteiger partial charge in [0.2, 0.25) is 5.91 Å². The van der Waals surface area contributed by atoms with Gasteiger partial charge >= 0.3 is 0 Å². The zero-order chi connectivity index (χ0) is 47.5. The van der Waals surface area contributed by atoms with Crippen LogP contribution in [0.2, 0.25) is 0 Å². The molecule has 12 heteroatoms. The first kappa shape index (κ1) is 49.8. The Morgan fingerprint density at radius 2 is 0.754 bits per heavy atom. The van der Waals surface area contributed by atoms with Crippen LogP contribution in [-0.4, -0.2) is 87.6 Å². The summed E-state index contributed by atoms with van der Waals surface area (Å²) < 4.78 is 67.9. The smallest absolute Gasteiger partial charge is 0.217 e. The summed E-state index contributed by atoms with van der Waals surface area (Å²) in [5.41, 5.74) is 5.82. The Morgan fingerprint density at radius 1 is 0.420 bits per heavy atom. The zero-order valence-electron chi connectivity index (χ0n) is 39.2. The molecule has 8 rings (SSSR count). The molecular formula is C57H63NO11. The molecule has 6 aromatic carbocycles. The summed E-state index contributed by atoms with van der Waals surface area (Å²) in [6.07, 6.45) is -7.68. The standard InChI is InChI=1S/C57H63NO11/c1-41(59)58-50-53(64-36-45-27-15-6-16-28-45)52(49(67-56(50)60-2)40-62-34-43-23-11-4-12-24-43)69-57-55(66-38-47-31-19-8-20-32-47)54(65-37-46-29-17-7-18-30-46)51(63-35-44-25-13-5-14-26-44)48(68-57)39-61-33-42-21-9-3-10-22-42/h3-32,48-57H,33-40H2,1-2H3,(H,58,59)/t48-,49-,50-,51-,52-,53-,54+,55-,56+,57-/m1/s1. The number of hydrogen-bond donors (Lipinski definition) is 1. The van der Waals surface area contributed by atoms with E-state index in [9.17, 15) is 4.79 Å². The molecule has 0 unspecified atom stereocenters. The van der Waals surface area contributed by atoms with E-state index in [1.807, 2.05) is 182 Å². The molecule has 2 aliphatic heterocycles. The fourth-order valence-electron chi connectivity index (χ4n) is 8.64. The van der Waals surface area contributed by atoms with Crippen molar-refractivity contribution in [3.63, 3.8) is 0 Å². The zero-order valence-corrected chi connectivity index (χ0v) is 39.2. The second-order valence-corrected chi connectivity index (χ2v) is 17.2. The molecule has 2 heterocycles. The lowest BCUT2D eigenvalue weighted by molar-refractivity contribution is -0.364. The van der Waals surface area contributed by atoms with Gasteiger partial charge < -0.3 is 52.7 Å². The lowest BCUT2D eigenvalue weighted by Gasteiger charge is -2.50. The topological polar surface area (TPSA) is 121 Å². The lowest BCUT2D eigenvalue weighted by Crippen LogP contribution is -2.68. The molecule has 10 atom stereocenters. The van der Waals surface area contributed by atoms with Crippen molar-refractivity contribution in [3.8, 4) is 0 Å². The molecule has 2 aliphatic rings. The van der Waals surface area contributed by atoms with Crippen LogP contribution >= 0.6 is 0 Å². The number of ether oxygens (including phenoxy) is 10. The summed E-state index contributed by atoms with van der Waals surface area (Å²) in [5, 5.41) is 3.06. The van der Waals surface area contributed by atoms with E-state index in [0.717, 1.165) is 33.4 Å². The minimum atomic E-state index is -1.12. The summed E-state index contributed by atoms with van der Waals surface area (Å²) in [4.78, 5) is 13.0. The van der Waals surface area contributed by atoms with Crippen LogP contribution in [0.3, 0.4) is 0 Å². The molecule has 0 spiro atoms. The third-order valence-electron chi connectivity index (χ3n) is 12.1. The normalized spacial score (nSPS) is 24.7. The van der Waals surface area contributed by atoms with Gasteiger partial charge in [0.1, 0.15) is 48.8 Å². The van der Waals surface area contributed by atoms with E-state index in [0.29, 0.717) is 13.2 Å². The van der Waals surface area contributed by atoms with Gasteiger partial charge in [-0.05, 0) is 33.4 Å². The Hall–Kier alpha value is -5.61. The Labute approximate surface area is 405 Å². The predicted molar refractivity (Wildman–Crippen MR) is 259 cm³/mol. The van der Waals surface area contributed by atoms with E-state index in [1.54, 1.807) is 7.11 Å². The van der Waals surface area contributed by atoms with Crippen molar-refractivity contribution in [2.45, 2.75) is 108 Å². The Kier molecular flexibility index (Phi) is 19.0. The van der Waals surface area contributed by atoms with E-state index in [1.165, 1.54) is 6.92 Å². The number of amides is 1. The number of benzene rings is 6. The van der Waals surface area contributed by atoms with Crippen molar-refractivity contribution >= 4 is 5.91 Å². The quantitative estimate of drug-likeness (QED) is 0.0628. The Bertz CT molecular complexity index is 2350. The first-order valence-electron chi connectivity index (χ1n) is 23.6. The van der Waals surface area contributed by atoms with Gasteiger partial charge in [-0.25, -0.2) is 0 Å². The molecule has 0 radical (unpaired) electrons. The number of carbonyl (C=O) groups excluding carboxylic acids is 1. The van der Waals surface area contributed by atoms with Crippen LogP contribution < -0.4 is 5.32 Å². The highest BCUT2D eigenvalue weighted by Gasteiger charge is 2.54. The molecule has 6 aromatic rings. The fraction of sp³-hybridized carbons (Fsp3) is 0.351. The van der Waals surface area contributed by atoms with E-state index in [-0.39, 0.29) is 45.5 Å². The Morgan fingerprint density at radius 3 is 1.14 bits per heavy atom. The average Bonchev–Trinajstić information content (AvgIpc) is 3.39. The second kappa shape index (κ2) is 26.4. The van der Waals surface area contributed by atoms with E-state index >= 15 is 0 Å². The van der Waals surface area contributed by atoms with Crippen LogP contribution in [0.4, 0.5) is 0 Å². The van der Waals surface area contributed by atoms with Crippen molar-refractivity contribution in [2.75, 3.05) is 20.3 Å². The van der Waals surface area contributed by atoms with Crippen molar-refractivity contribution in [1.29, 1.82) is 0 Å². The average molecular weight is 938 g/mol. The van der Waals surface area contributed by atoms with Crippen molar-refractivity contribution in [2.24, 2.45) is 0 Å². The minimum Gasteiger partial charge on any atom is -0.374 e. The number of nitrogens with one attached hydrogen (secondary N) is 1. The number of rotatable bonds is 24. The molecule has 0 saturated carbocycles. The molecule has 0 aliphatic carbocycles. The van der Waals surface area contributed by atoms with Gasteiger partial charge in [-0.1, -0.05) is 182 Å². The first-order chi connectivity index (χ1) is 34.0. The monoisotopic (exact) mass is 937 g/mol. The number of carbonyl (C=O) groups is 1. The maximum atomic E-state index is 13.0. The molecule has 0 aromatic heterocycles. The molecule has 69 heavy (non-hydrogen) atoms. The van der Waals surface area contributed by atoms with Crippen molar-refractivity contribution in [3.05, 3.63) is 215 Å². The summed E-state index contributed by atoms with van der Waals surface area (Å²) in [7, 11) is 1.54. The number of methoxy groups -OCH3 is 1. The SMILES string of the molecule is CO[C@H]1O[C@H](COCc2ccccc2)[C@@H](O[C@H]2O[C@H](COCc3ccccc3)[C@@H](OCc3ccccc3)[C@H](OCc3ccccc3)[C@H]2OCc2ccccc2)[C@H](OCc2ccccc2)[C@H]1NC(C)=O. The third-order valence-corrected chi connectivity index (χ3v) is 12.1. The largest absolute Gasteiger partial charge is 0.374 e. The van der Waals surface area contributed by atoms with Gasteiger partial charge in [0.15, 0.2) is 12.6 Å². The fourth-order valence-corrected chi connectivity index (χ4v) is 8.64. The molecular weight excluding hydrogens is 875 g/mol. The summed E-state index contributed by atoms with van der Waals surface area (Å²) in [5.74, 6) is -0.294. The van der Waals surface area contributed by atoms with Gasteiger partial charge in [0.25, 0.3) is 0 Å². The summed E-state index contributed by atoms with van der Waals surface area (Å²) in [6, 6.07) is 58.8. The van der Waals surface area contributed by atoms with Crippen molar-refractivity contribution < 1.29 is 52.2 Å². The maximum Gasteiger partial charge on any atom is 0.217 e. The van der Waals surface area contributed by atoms with E-state index < -0.39 is 61.3 Å². The van der Waals surface area contributed by atoms with Gasteiger partial charge in [-0.3, -0.25) is 4.79 Å². The second-order valence-electron chi connectivity index (χ2n) is 17.2. The number of hydrogen-bond acceptors (Lipinski definition) is 11. The molecule has 1 N–H and O–H groups in total. The van der Waals surface area contributed by atoms with Crippen LogP contribution in [0.1, 0.15) is 40.3 Å². The van der Waals surface area contributed by atoms with E-state index in [2.05, 4.69) is 5.32 Å². The van der Waals surface area contributed by atoms with Gasteiger partial charge in [-0.2, -0.15) is 0 Å². The summed E-state index contributed by atoms with van der Waals surface area (Å²) in [6.45, 7) is 3.24. The maximum absolute atomic E-state index is 13.0. The van der Waals surface area contributed by atoms with Gasteiger partial charge in [0.05, 0.1) is 52.9 Å². The first-order valence-corrected chi connectivity index (χ1v) is 23.6. The molecule has 2 saturated heterocycles. The van der Waals surface area contributed by atoms with Gasteiger partial charge in [-0.15, -0.1) is 0 Å². The lowest BCUT2D eigenvalue weighted by atomic mass is 9.94. The van der Waals surface area contributed by atoms with Crippen LogP contribution in [-0.2, 0) is 91.8 Å². The molecule has 0 bridgehead atoms. The highest BCUT2D eigenvalue weighted by molar-refractivity contribution is 5.73. The van der Waals surface area contributed by atoms with Crippen LogP contribution in [0.5, 0.6) is 0 Å². The Balaban J connectivity index is 1.19. The van der Waals surface area contributed by atoms with Crippen LogP contribution in [0.25, 0.3) is 0 Å². The van der Waals surface area contributed by atoms with Crippen LogP contribution in [0, 0.1) is 0 Å². The molecule has 12 nitrogen and oxygen atoms in total. The third kappa shape index (κ3) is 14.7. The molecule has 2 fully saturated rings. The summed E-state index contributed by atoms with van der Waals surface area (Å²) >= 11 is 0. The molecule has 362 valence electrons. The highest BCUT2D eigenvalue weighted by atomic mass is 16.8. The van der Waals surface area contributed by atoms with Gasteiger partial charge in [0, 0.05) is 14.0 Å². The van der Waals surface area contributed by atoms with Crippen molar-refractivity contribution in [1.82, 2.24) is 5.32 Å². The predicted octanol–water partition coefficient (Wildman–Crippen LogP) is 8.75. The highest BCUT2D eigenvalue weighted by Crippen LogP contribution is 2.36. The van der Waals surface area contributed by atoms with E-state index in [4.69, 9.17) is 47.4 Å².